The van der Waals surface area contributed by atoms with Crippen LogP contribution >= 0.6 is 0 Å². The molecule has 0 aromatic heterocycles. The lowest BCUT2D eigenvalue weighted by Gasteiger charge is -2.27. The van der Waals surface area contributed by atoms with Gasteiger partial charge in [-0.3, -0.25) is 4.79 Å². The molecule has 1 rings (SSSR count). The summed E-state index contributed by atoms with van der Waals surface area (Å²) in [5, 5.41) is 17.7. The van der Waals surface area contributed by atoms with Crippen LogP contribution < -0.4 is 0 Å². The van der Waals surface area contributed by atoms with Crippen molar-refractivity contribution in [3.8, 4) is 0 Å². The van der Waals surface area contributed by atoms with Crippen molar-refractivity contribution in [2.24, 2.45) is 5.92 Å². The molecule has 1 atom stereocenters. The molecule has 0 aromatic carbocycles. The minimum absolute atomic E-state index is 0.0221. The quantitative estimate of drug-likeness (QED) is 0.706. The topological polar surface area (TPSA) is 81.1 Å². The van der Waals surface area contributed by atoms with E-state index in [1.165, 1.54) is 0 Å². The van der Waals surface area contributed by atoms with E-state index in [2.05, 4.69) is 6.92 Å². The Morgan fingerprint density at radius 1 is 1.35 bits per heavy atom. The zero-order valence-electron chi connectivity index (χ0n) is 12.3. The van der Waals surface area contributed by atoms with Crippen LogP contribution in [-0.4, -0.2) is 64.8 Å². The second-order valence-electron chi connectivity index (χ2n) is 5.38. The summed E-state index contributed by atoms with van der Waals surface area (Å²) in [7, 11) is 0. The van der Waals surface area contributed by atoms with E-state index in [1.807, 2.05) is 0 Å². The molecule has 1 unspecified atom stereocenters. The molecular formula is C14H26N2O4. The first-order valence-electron chi connectivity index (χ1n) is 7.45. The maximum atomic E-state index is 12.3. The second kappa shape index (κ2) is 8.79. The van der Waals surface area contributed by atoms with Gasteiger partial charge in [-0.05, 0) is 25.2 Å². The van der Waals surface area contributed by atoms with Crippen molar-refractivity contribution in [1.82, 2.24) is 9.80 Å². The third-order valence-corrected chi connectivity index (χ3v) is 3.74. The van der Waals surface area contributed by atoms with Crippen LogP contribution in [0.15, 0.2) is 0 Å². The van der Waals surface area contributed by atoms with Crippen LogP contribution in [0.3, 0.4) is 0 Å². The number of nitrogens with zero attached hydrogens (tertiary/aromatic N) is 2. The number of likely N-dealkylation sites (tertiary alicyclic amines) is 1. The predicted molar refractivity (Wildman–Crippen MR) is 75.5 cm³/mol. The number of hydrogen-bond acceptors (Lipinski definition) is 3. The summed E-state index contributed by atoms with van der Waals surface area (Å²) in [5.74, 6) is -0.489. The maximum Gasteiger partial charge on any atom is 0.320 e. The lowest BCUT2D eigenvalue weighted by Crippen LogP contribution is -2.43. The van der Waals surface area contributed by atoms with E-state index in [-0.39, 0.29) is 25.0 Å². The average molecular weight is 286 g/mol. The zero-order chi connectivity index (χ0) is 15.0. The summed E-state index contributed by atoms with van der Waals surface area (Å²) in [4.78, 5) is 26.4. The fourth-order valence-corrected chi connectivity index (χ4v) is 2.54. The van der Waals surface area contributed by atoms with Gasteiger partial charge in [0.2, 0.25) is 0 Å². The van der Waals surface area contributed by atoms with E-state index < -0.39 is 5.97 Å². The summed E-state index contributed by atoms with van der Waals surface area (Å²) in [5.41, 5.74) is 0. The number of aliphatic carboxylic acids is 1. The monoisotopic (exact) mass is 286 g/mol. The molecule has 0 bridgehead atoms. The molecule has 20 heavy (non-hydrogen) atoms. The van der Waals surface area contributed by atoms with Crippen molar-refractivity contribution in [2.75, 3.05) is 32.8 Å². The number of aliphatic hydroxyl groups is 1. The van der Waals surface area contributed by atoms with Gasteiger partial charge in [-0.25, -0.2) is 4.79 Å². The van der Waals surface area contributed by atoms with Gasteiger partial charge < -0.3 is 20.0 Å². The lowest BCUT2D eigenvalue weighted by atomic mass is 10.0. The summed E-state index contributed by atoms with van der Waals surface area (Å²) < 4.78 is 0. The van der Waals surface area contributed by atoms with Crippen LogP contribution in [0, 0.1) is 5.92 Å². The molecule has 1 fully saturated rings. The van der Waals surface area contributed by atoms with Gasteiger partial charge in [0.1, 0.15) is 0 Å². The molecule has 1 heterocycles. The van der Waals surface area contributed by atoms with Crippen LogP contribution in [0.1, 0.15) is 39.0 Å². The highest BCUT2D eigenvalue weighted by Gasteiger charge is 2.29. The molecule has 2 amide bonds. The Labute approximate surface area is 120 Å². The average Bonchev–Trinajstić information content (AvgIpc) is 2.89. The fraction of sp³-hybridized carbons (Fsp3) is 0.857. The van der Waals surface area contributed by atoms with E-state index in [9.17, 15) is 9.59 Å². The minimum atomic E-state index is -0.778. The largest absolute Gasteiger partial charge is 0.481 e. The van der Waals surface area contributed by atoms with Gasteiger partial charge in [0, 0.05) is 32.6 Å². The van der Waals surface area contributed by atoms with Crippen LogP contribution in [0.25, 0.3) is 0 Å². The third kappa shape index (κ3) is 5.36. The molecule has 0 aromatic rings. The molecule has 1 saturated heterocycles. The van der Waals surface area contributed by atoms with Crippen LogP contribution in [0.2, 0.25) is 0 Å². The van der Waals surface area contributed by atoms with E-state index in [0.717, 1.165) is 19.3 Å². The van der Waals surface area contributed by atoms with Gasteiger partial charge in [-0.2, -0.15) is 0 Å². The molecule has 0 spiro atoms. The van der Waals surface area contributed by atoms with E-state index in [4.69, 9.17) is 10.2 Å². The first-order valence-corrected chi connectivity index (χ1v) is 7.45. The highest BCUT2D eigenvalue weighted by Crippen LogP contribution is 2.22. The molecule has 0 radical (unpaired) electrons. The number of carbonyl (C=O) groups excluding carboxylic acids is 1. The number of carboxylic acids is 1. The number of amides is 2. The van der Waals surface area contributed by atoms with Gasteiger partial charge in [-0.1, -0.05) is 13.3 Å². The smallest absolute Gasteiger partial charge is 0.320 e. The highest BCUT2D eigenvalue weighted by molar-refractivity contribution is 5.74. The molecule has 1 aliphatic heterocycles. The van der Waals surface area contributed by atoms with Gasteiger partial charge in [0.25, 0.3) is 0 Å². The van der Waals surface area contributed by atoms with E-state index in [1.54, 1.807) is 9.80 Å². The number of urea groups is 1. The lowest BCUT2D eigenvalue weighted by molar-refractivity contribution is -0.137. The predicted octanol–water partition coefficient (Wildman–Crippen LogP) is 1.39. The van der Waals surface area contributed by atoms with Crippen molar-refractivity contribution in [3.63, 3.8) is 0 Å². The SMILES string of the molecule is CCCCN(CCO)C(=O)N1CCC(CCC(=O)O)C1. The molecule has 2 N–H and O–H groups in total. The van der Waals surface area contributed by atoms with Crippen molar-refractivity contribution in [3.05, 3.63) is 0 Å². The molecule has 0 saturated carbocycles. The first-order chi connectivity index (χ1) is 9.58. The maximum absolute atomic E-state index is 12.3. The van der Waals surface area contributed by atoms with Crippen molar-refractivity contribution >= 4 is 12.0 Å². The molecule has 0 aliphatic carbocycles. The van der Waals surface area contributed by atoms with Gasteiger partial charge in [0.15, 0.2) is 0 Å². The Kier molecular flexibility index (Phi) is 7.36. The number of hydrogen-bond donors (Lipinski definition) is 2. The first kappa shape index (κ1) is 16.8. The van der Waals surface area contributed by atoms with Crippen molar-refractivity contribution in [1.29, 1.82) is 0 Å². The molecule has 1 aliphatic rings. The van der Waals surface area contributed by atoms with Gasteiger partial charge in [0.05, 0.1) is 6.61 Å². The highest BCUT2D eigenvalue weighted by atomic mass is 16.4. The van der Waals surface area contributed by atoms with Crippen LogP contribution in [0.4, 0.5) is 4.79 Å². The molecular weight excluding hydrogens is 260 g/mol. The van der Waals surface area contributed by atoms with E-state index in [0.29, 0.717) is 32.6 Å². The fourth-order valence-electron chi connectivity index (χ4n) is 2.54. The number of rotatable bonds is 8. The summed E-state index contributed by atoms with van der Waals surface area (Å²) in [6.45, 7) is 4.42. The number of carbonyl (C=O) groups is 2. The summed E-state index contributed by atoms with van der Waals surface area (Å²) in [6, 6.07) is -0.0228. The van der Waals surface area contributed by atoms with Gasteiger partial charge in [-0.15, -0.1) is 0 Å². The van der Waals surface area contributed by atoms with Gasteiger partial charge >= 0.3 is 12.0 Å². The van der Waals surface area contributed by atoms with Crippen molar-refractivity contribution < 1.29 is 19.8 Å². The summed E-state index contributed by atoms with van der Waals surface area (Å²) >= 11 is 0. The van der Waals surface area contributed by atoms with E-state index >= 15 is 0 Å². The molecule has 116 valence electrons. The van der Waals surface area contributed by atoms with Crippen molar-refractivity contribution in [2.45, 2.75) is 39.0 Å². The number of unbranched alkanes of at least 4 members (excludes halogenated alkanes) is 1. The Morgan fingerprint density at radius 3 is 2.70 bits per heavy atom. The normalized spacial score (nSPS) is 18.3. The Morgan fingerprint density at radius 2 is 2.10 bits per heavy atom. The van der Waals surface area contributed by atoms with Crippen LogP contribution in [0.5, 0.6) is 0 Å². The number of aliphatic hydroxyl groups excluding tert-OH is 1. The zero-order valence-corrected chi connectivity index (χ0v) is 12.3. The molecule has 6 nitrogen and oxygen atoms in total. The standard InChI is InChI=1S/C14H26N2O4/c1-2-3-7-15(9-10-17)14(20)16-8-6-12(11-16)4-5-13(18)19/h12,17H,2-11H2,1H3,(H,18,19). The molecule has 6 heteroatoms. The minimum Gasteiger partial charge on any atom is -0.481 e. The van der Waals surface area contributed by atoms with Crippen LogP contribution in [-0.2, 0) is 4.79 Å². The second-order valence-corrected chi connectivity index (χ2v) is 5.38. The Hall–Kier alpha value is -1.30. The third-order valence-electron chi connectivity index (χ3n) is 3.74. The Balaban J connectivity index is 2.43. The number of carboxylic acid groups (broad SMARTS) is 1. The summed E-state index contributed by atoms with van der Waals surface area (Å²) in [6.07, 6.45) is 3.62. The Bertz CT molecular complexity index is 322.